The minimum atomic E-state index is -1.16. The van der Waals surface area contributed by atoms with Crippen molar-refractivity contribution in [2.24, 2.45) is 28.6 Å². The number of aryl methyl sites for hydroxylation is 2. The normalized spacial score (nSPS) is 28.6. The summed E-state index contributed by atoms with van der Waals surface area (Å²) in [6, 6.07) is 8.78. The van der Waals surface area contributed by atoms with Gasteiger partial charge in [-0.05, 0) is 140 Å². The Morgan fingerprint density at radius 1 is 0.714 bits per heavy atom. The molecule has 63 heavy (non-hydrogen) atoms. The lowest BCUT2D eigenvalue weighted by atomic mass is 9.49. The number of rotatable bonds is 13. The number of fused-ring (bicyclic) bond motifs is 6. The fourth-order valence-electron chi connectivity index (χ4n) is 12.1. The first-order valence-electron chi connectivity index (χ1n) is 22.8. The van der Waals surface area contributed by atoms with E-state index < -0.39 is 69.9 Å². The van der Waals surface area contributed by atoms with E-state index >= 15 is 0 Å². The summed E-state index contributed by atoms with van der Waals surface area (Å²) in [5, 5.41) is 22.9. The number of hydrogen-bond acceptors (Lipinski definition) is 8. The number of hydrogen-bond donors (Lipinski definition) is 7. The van der Waals surface area contributed by atoms with Gasteiger partial charge in [-0.15, -0.1) is 0 Å². The molecule has 0 heterocycles. The standard InChI is InChI=1S/C49H68N6O8/c1-27(2)40(54-42(60)36(52-29(4)56)17-20-39(57)58)43(61)51-28(3)41(59)53-33-16-12-31-14-19-38-47(6,35(31)26-33)22-10-24-49(38,8)45(63)55-44(62)48(7)23-9-21-46(5)34-25-32(50)15-11-30(34)13-18-37(46)48/h11-12,15-16,25-28,36-38,40H,9-10,13-14,17-24,50H2,1-8H3,(H,51,61)(H,52,56)(H,53,59)(H,54,60)(H,57,58)(H,55,62,63)/t28-,36-,37+,38+,40-,46+,47+,48-,49-/m0/s1. The molecule has 0 bridgehead atoms. The molecule has 2 saturated carbocycles. The predicted octanol–water partition coefficient (Wildman–Crippen LogP) is 5.59. The molecule has 0 unspecified atom stereocenters. The smallest absolute Gasteiger partial charge is 0.303 e. The lowest BCUT2D eigenvalue weighted by Gasteiger charge is -2.56. The Hall–Kier alpha value is -5.27. The third-order valence-corrected chi connectivity index (χ3v) is 15.6. The van der Waals surface area contributed by atoms with Crippen molar-refractivity contribution in [3.05, 3.63) is 58.7 Å². The number of anilines is 2. The van der Waals surface area contributed by atoms with Crippen molar-refractivity contribution >= 4 is 52.8 Å². The van der Waals surface area contributed by atoms with E-state index in [1.54, 1.807) is 20.8 Å². The highest BCUT2D eigenvalue weighted by molar-refractivity contribution is 6.01. The Morgan fingerprint density at radius 2 is 1.25 bits per heavy atom. The quantitative estimate of drug-likeness (QED) is 0.0984. The number of nitrogens with one attached hydrogen (secondary N) is 5. The van der Waals surface area contributed by atoms with E-state index in [4.69, 9.17) is 10.8 Å². The zero-order valence-electron chi connectivity index (χ0n) is 38.3. The maximum Gasteiger partial charge on any atom is 0.303 e. The summed E-state index contributed by atoms with van der Waals surface area (Å²) in [6.45, 7) is 14.7. The van der Waals surface area contributed by atoms with E-state index in [0.717, 1.165) is 74.6 Å². The van der Waals surface area contributed by atoms with E-state index in [-0.39, 0.29) is 41.9 Å². The molecule has 14 nitrogen and oxygen atoms in total. The monoisotopic (exact) mass is 869 g/mol. The van der Waals surface area contributed by atoms with Gasteiger partial charge in [-0.25, -0.2) is 0 Å². The highest BCUT2D eigenvalue weighted by Gasteiger charge is 2.58. The van der Waals surface area contributed by atoms with Gasteiger partial charge in [0.2, 0.25) is 35.4 Å². The minimum absolute atomic E-state index is 0.0604. The van der Waals surface area contributed by atoms with Crippen LogP contribution >= 0.6 is 0 Å². The number of nitrogens with two attached hydrogens (primary N) is 1. The number of carbonyl (C=O) groups excluding carboxylic acids is 6. The van der Waals surface area contributed by atoms with Crippen LogP contribution in [0.2, 0.25) is 0 Å². The number of aliphatic carboxylic acids is 1. The fraction of sp³-hybridized carbons (Fsp3) is 0.612. The molecule has 6 amide bonds. The number of benzene rings is 2. The molecular formula is C49H68N6O8. The Labute approximate surface area is 371 Å². The third kappa shape index (κ3) is 9.22. The summed E-state index contributed by atoms with van der Waals surface area (Å²) in [4.78, 5) is 92.3. The van der Waals surface area contributed by atoms with E-state index in [1.807, 2.05) is 31.2 Å². The van der Waals surface area contributed by atoms with Crippen molar-refractivity contribution < 1.29 is 38.7 Å². The van der Waals surface area contributed by atoms with Crippen molar-refractivity contribution in [1.82, 2.24) is 21.3 Å². The zero-order valence-corrected chi connectivity index (χ0v) is 38.3. The summed E-state index contributed by atoms with van der Waals surface area (Å²) in [5.41, 5.74) is 10.1. The molecule has 0 radical (unpaired) electrons. The van der Waals surface area contributed by atoms with Crippen LogP contribution in [0.3, 0.4) is 0 Å². The van der Waals surface area contributed by atoms with Gasteiger partial charge in [-0.2, -0.15) is 0 Å². The van der Waals surface area contributed by atoms with Crippen LogP contribution in [0.5, 0.6) is 0 Å². The summed E-state index contributed by atoms with van der Waals surface area (Å²) < 4.78 is 0. The van der Waals surface area contributed by atoms with E-state index in [2.05, 4.69) is 59.5 Å². The van der Waals surface area contributed by atoms with Crippen molar-refractivity contribution in [3.8, 4) is 0 Å². The van der Waals surface area contributed by atoms with Crippen LogP contribution < -0.4 is 32.3 Å². The Balaban J connectivity index is 1.13. The van der Waals surface area contributed by atoms with Gasteiger partial charge in [-0.1, -0.05) is 66.5 Å². The van der Waals surface area contributed by atoms with Crippen LogP contribution in [0.4, 0.5) is 11.4 Å². The Kier molecular flexibility index (Phi) is 13.5. The summed E-state index contributed by atoms with van der Waals surface area (Å²) in [7, 11) is 0. The highest BCUT2D eigenvalue weighted by Crippen LogP contribution is 2.59. The second kappa shape index (κ2) is 18.1. The molecule has 9 atom stereocenters. The van der Waals surface area contributed by atoms with Crippen molar-refractivity contribution in [3.63, 3.8) is 0 Å². The molecule has 0 spiro atoms. The molecule has 0 aromatic heterocycles. The molecule has 4 aliphatic carbocycles. The predicted molar refractivity (Wildman–Crippen MR) is 240 cm³/mol. The number of carboxylic acid groups (broad SMARTS) is 1. The van der Waals surface area contributed by atoms with Crippen LogP contribution in [0.15, 0.2) is 36.4 Å². The van der Waals surface area contributed by atoms with Gasteiger partial charge in [0.05, 0.1) is 10.8 Å². The summed E-state index contributed by atoms with van der Waals surface area (Å²) in [5.74, 6) is -4.23. The van der Waals surface area contributed by atoms with Gasteiger partial charge in [-0.3, -0.25) is 38.9 Å². The van der Waals surface area contributed by atoms with Gasteiger partial charge in [0.25, 0.3) is 0 Å². The van der Waals surface area contributed by atoms with E-state index in [9.17, 15) is 33.6 Å². The van der Waals surface area contributed by atoms with Gasteiger partial charge >= 0.3 is 5.97 Å². The molecule has 2 aromatic rings. The van der Waals surface area contributed by atoms with Gasteiger partial charge in [0, 0.05) is 24.7 Å². The van der Waals surface area contributed by atoms with Gasteiger partial charge in [0.15, 0.2) is 0 Å². The van der Waals surface area contributed by atoms with Crippen molar-refractivity contribution in [1.29, 1.82) is 0 Å². The molecule has 0 saturated heterocycles. The van der Waals surface area contributed by atoms with Gasteiger partial charge in [0.1, 0.15) is 18.1 Å². The highest BCUT2D eigenvalue weighted by atomic mass is 16.4. The largest absolute Gasteiger partial charge is 0.481 e. The molecule has 2 aromatic carbocycles. The first-order valence-corrected chi connectivity index (χ1v) is 22.8. The van der Waals surface area contributed by atoms with Crippen molar-refractivity contribution in [2.45, 2.75) is 161 Å². The molecule has 14 heteroatoms. The first-order chi connectivity index (χ1) is 29.5. The van der Waals surface area contributed by atoms with Crippen LogP contribution in [-0.2, 0) is 57.2 Å². The summed E-state index contributed by atoms with van der Waals surface area (Å²) >= 11 is 0. The lowest BCUT2D eigenvalue weighted by Crippen LogP contribution is -2.60. The second-order valence-corrected chi connectivity index (χ2v) is 20.3. The summed E-state index contributed by atoms with van der Waals surface area (Å²) in [6.07, 6.45) is 7.62. The maximum atomic E-state index is 14.7. The topological polar surface area (TPSA) is 226 Å². The average Bonchev–Trinajstić information content (AvgIpc) is 3.21. The molecule has 2 fully saturated rings. The molecule has 342 valence electrons. The Morgan fingerprint density at radius 3 is 1.78 bits per heavy atom. The van der Waals surface area contributed by atoms with Crippen molar-refractivity contribution in [2.75, 3.05) is 11.1 Å². The van der Waals surface area contributed by atoms with E-state index in [1.165, 1.54) is 18.1 Å². The average molecular weight is 869 g/mol. The van der Waals surface area contributed by atoms with Crippen LogP contribution in [-0.4, -0.2) is 64.6 Å². The molecule has 8 N–H and O–H groups in total. The third-order valence-electron chi connectivity index (χ3n) is 15.6. The van der Waals surface area contributed by atoms with Crippen LogP contribution in [0, 0.1) is 28.6 Å². The van der Waals surface area contributed by atoms with E-state index in [0.29, 0.717) is 12.1 Å². The minimum Gasteiger partial charge on any atom is -0.481 e. The molecule has 4 aliphatic rings. The fourth-order valence-corrected chi connectivity index (χ4v) is 12.1. The molecule has 0 aliphatic heterocycles. The SMILES string of the molecule is CC(=O)N[C@@H](CCC(=O)O)C(=O)N[C@H](C(=O)N[C@@H](C)C(=O)Nc1ccc2c(c1)[C@@]1(C)CCC[C@](C)(C(=O)NC(=O)[C@@]3(C)CCC[C@]4(C)c5cc(N)ccc5CC[C@@H]34)[C@@H]1CC2)C(C)C. The molecular weight excluding hydrogens is 801 g/mol. The zero-order chi connectivity index (χ0) is 46.2. The number of imide groups is 1. The molecule has 6 rings (SSSR count). The Bertz CT molecular complexity index is 2170. The number of nitrogen functional groups attached to an aromatic ring is 1. The number of carboxylic acids is 1. The number of carbonyl (C=O) groups is 7. The maximum absolute atomic E-state index is 14.7. The number of amides is 6. The first kappa shape index (κ1) is 47.2. The van der Waals surface area contributed by atoms with Gasteiger partial charge < -0.3 is 32.1 Å². The van der Waals surface area contributed by atoms with Crippen LogP contribution in [0.25, 0.3) is 0 Å². The second-order valence-electron chi connectivity index (χ2n) is 20.3. The lowest BCUT2D eigenvalue weighted by molar-refractivity contribution is -0.150. The van der Waals surface area contributed by atoms with Crippen LogP contribution in [0.1, 0.15) is 142 Å².